The number of nitrogens with zero attached hydrogens (tertiary/aromatic N) is 1. The maximum absolute atomic E-state index is 11.6. The number of nitrogens with one attached hydrogen (secondary N) is 2. The Balaban J connectivity index is 2.06. The first-order valence-electron chi connectivity index (χ1n) is 6.95. The van der Waals surface area contributed by atoms with Gasteiger partial charge in [-0.3, -0.25) is 4.79 Å². The Hall–Kier alpha value is -1.10. The van der Waals surface area contributed by atoms with Gasteiger partial charge in [-0.05, 0) is 38.7 Å². The Labute approximate surface area is 126 Å². The molecule has 0 bridgehead atoms. The van der Waals surface area contributed by atoms with Crippen molar-refractivity contribution in [2.45, 2.75) is 19.4 Å². The fourth-order valence-electron chi connectivity index (χ4n) is 1.78. The van der Waals surface area contributed by atoms with Crippen LogP contribution >= 0.6 is 11.6 Å². The van der Waals surface area contributed by atoms with Gasteiger partial charge in [0.25, 0.3) is 0 Å². The summed E-state index contributed by atoms with van der Waals surface area (Å²) in [5, 5.41) is 6.90. The Morgan fingerprint density at radius 2 is 2.00 bits per heavy atom. The first-order chi connectivity index (χ1) is 9.59. The molecule has 1 amide bonds. The van der Waals surface area contributed by atoms with Crippen molar-refractivity contribution in [1.82, 2.24) is 15.5 Å². The number of carbonyl (C=O) groups excluding carboxylic acids is 1. The van der Waals surface area contributed by atoms with Gasteiger partial charge in [0.1, 0.15) is 0 Å². The predicted octanol–water partition coefficient (Wildman–Crippen LogP) is 1.89. The molecule has 20 heavy (non-hydrogen) atoms. The third kappa shape index (κ3) is 7.48. The molecule has 1 rings (SSSR count). The monoisotopic (exact) mass is 297 g/mol. The van der Waals surface area contributed by atoms with Crippen LogP contribution in [0, 0.1) is 0 Å². The Morgan fingerprint density at radius 3 is 2.70 bits per heavy atom. The summed E-state index contributed by atoms with van der Waals surface area (Å²) in [6.45, 7) is 3.07. The van der Waals surface area contributed by atoms with Crippen LogP contribution < -0.4 is 10.6 Å². The average Bonchev–Trinajstić information content (AvgIpc) is 2.41. The molecule has 0 heterocycles. The van der Waals surface area contributed by atoms with E-state index >= 15 is 0 Å². The number of rotatable bonds is 9. The molecule has 2 N–H and O–H groups in total. The molecule has 0 unspecified atom stereocenters. The molecule has 0 radical (unpaired) electrons. The highest BCUT2D eigenvalue weighted by Crippen LogP contribution is 2.13. The van der Waals surface area contributed by atoms with Crippen LogP contribution in [0.1, 0.15) is 18.4 Å². The summed E-state index contributed by atoms with van der Waals surface area (Å²) in [7, 11) is 4.06. The highest BCUT2D eigenvalue weighted by Gasteiger charge is 2.02. The van der Waals surface area contributed by atoms with Crippen molar-refractivity contribution in [2.24, 2.45) is 0 Å². The van der Waals surface area contributed by atoms with E-state index in [4.69, 9.17) is 11.6 Å². The maximum Gasteiger partial charge on any atom is 0.221 e. The lowest BCUT2D eigenvalue weighted by atomic mass is 10.2. The van der Waals surface area contributed by atoms with Crippen LogP contribution in [0.4, 0.5) is 0 Å². The number of hydrogen-bond acceptors (Lipinski definition) is 3. The second kappa shape index (κ2) is 9.75. The second-order valence-corrected chi connectivity index (χ2v) is 5.43. The molecule has 0 saturated heterocycles. The Kier molecular flexibility index (Phi) is 8.26. The van der Waals surface area contributed by atoms with E-state index in [1.54, 1.807) is 0 Å². The number of amides is 1. The molecule has 0 aliphatic carbocycles. The standard InChI is InChI=1S/C15H24ClN3O/c1-19(2)11-5-9-18-15(20)8-10-17-12-13-6-3-4-7-14(13)16/h3-4,6-7,17H,5,8-12H2,1-2H3,(H,18,20). The molecule has 0 aliphatic heterocycles. The highest BCUT2D eigenvalue weighted by molar-refractivity contribution is 6.31. The molecular formula is C15H24ClN3O. The first kappa shape index (κ1) is 17.0. The molecule has 0 atom stereocenters. The summed E-state index contributed by atoms with van der Waals surface area (Å²) in [4.78, 5) is 13.7. The third-order valence-electron chi connectivity index (χ3n) is 2.91. The fourth-order valence-corrected chi connectivity index (χ4v) is 1.98. The molecule has 0 aromatic heterocycles. The molecule has 0 fully saturated rings. The minimum atomic E-state index is 0.0930. The molecule has 0 spiro atoms. The number of carbonyl (C=O) groups is 1. The van der Waals surface area contributed by atoms with Gasteiger partial charge in [0.2, 0.25) is 5.91 Å². The van der Waals surface area contributed by atoms with Gasteiger partial charge < -0.3 is 15.5 Å². The lowest BCUT2D eigenvalue weighted by molar-refractivity contribution is -0.121. The van der Waals surface area contributed by atoms with Crippen molar-refractivity contribution in [3.8, 4) is 0 Å². The average molecular weight is 298 g/mol. The van der Waals surface area contributed by atoms with Crippen LogP contribution in [-0.2, 0) is 11.3 Å². The topological polar surface area (TPSA) is 44.4 Å². The van der Waals surface area contributed by atoms with E-state index in [-0.39, 0.29) is 5.91 Å². The second-order valence-electron chi connectivity index (χ2n) is 5.02. The first-order valence-corrected chi connectivity index (χ1v) is 7.33. The van der Waals surface area contributed by atoms with E-state index in [0.29, 0.717) is 19.5 Å². The Bertz CT molecular complexity index is 410. The van der Waals surface area contributed by atoms with Gasteiger partial charge in [-0.1, -0.05) is 29.8 Å². The molecule has 0 saturated carbocycles. The highest BCUT2D eigenvalue weighted by atomic mass is 35.5. The molecule has 1 aromatic carbocycles. The SMILES string of the molecule is CN(C)CCCNC(=O)CCNCc1ccccc1Cl. The fraction of sp³-hybridized carbons (Fsp3) is 0.533. The molecule has 5 heteroatoms. The third-order valence-corrected chi connectivity index (χ3v) is 3.28. The number of benzene rings is 1. The van der Waals surface area contributed by atoms with Crippen LogP contribution in [0.5, 0.6) is 0 Å². The van der Waals surface area contributed by atoms with Gasteiger partial charge in [0.15, 0.2) is 0 Å². The predicted molar refractivity (Wildman–Crippen MR) is 84.0 cm³/mol. The largest absolute Gasteiger partial charge is 0.356 e. The van der Waals surface area contributed by atoms with Crippen LogP contribution in [0.2, 0.25) is 5.02 Å². The van der Waals surface area contributed by atoms with Crippen LogP contribution in [0.25, 0.3) is 0 Å². The van der Waals surface area contributed by atoms with Crippen molar-refractivity contribution in [2.75, 3.05) is 33.7 Å². The van der Waals surface area contributed by atoms with E-state index in [1.807, 2.05) is 38.4 Å². The minimum absolute atomic E-state index is 0.0930. The molecular weight excluding hydrogens is 274 g/mol. The summed E-state index contributed by atoms with van der Waals surface area (Å²) in [5.74, 6) is 0.0930. The molecule has 0 aliphatic rings. The maximum atomic E-state index is 11.6. The van der Waals surface area contributed by atoms with E-state index in [9.17, 15) is 4.79 Å². The summed E-state index contributed by atoms with van der Waals surface area (Å²) >= 11 is 6.05. The van der Waals surface area contributed by atoms with Crippen LogP contribution in [0.15, 0.2) is 24.3 Å². The molecule has 1 aromatic rings. The Morgan fingerprint density at radius 1 is 1.25 bits per heavy atom. The van der Waals surface area contributed by atoms with Crippen molar-refractivity contribution in [1.29, 1.82) is 0 Å². The van der Waals surface area contributed by atoms with Gasteiger partial charge in [0, 0.05) is 31.1 Å². The van der Waals surface area contributed by atoms with Gasteiger partial charge in [-0.15, -0.1) is 0 Å². The summed E-state index contributed by atoms with van der Waals surface area (Å²) in [6, 6.07) is 7.72. The number of hydrogen-bond donors (Lipinski definition) is 2. The molecule has 4 nitrogen and oxygen atoms in total. The number of halogens is 1. The smallest absolute Gasteiger partial charge is 0.221 e. The van der Waals surface area contributed by atoms with Crippen molar-refractivity contribution < 1.29 is 4.79 Å². The lowest BCUT2D eigenvalue weighted by Gasteiger charge is -2.10. The van der Waals surface area contributed by atoms with E-state index in [0.717, 1.165) is 30.1 Å². The van der Waals surface area contributed by atoms with Gasteiger partial charge in [-0.25, -0.2) is 0 Å². The normalized spacial score (nSPS) is 10.8. The van der Waals surface area contributed by atoms with Crippen LogP contribution in [-0.4, -0.2) is 44.5 Å². The zero-order chi connectivity index (χ0) is 14.8. The zero-order valence-corrected chi connectivity index (χ0v) is 13.0. The van der Waals surface area contributed by atoms with E-state index in [1.165, 1.54) is 0 Å². The summed E-state index contributed by atoms with van der Waals surface area (Å²) in [5.41, 5.74) is 1.06. The zero-order valence-electron chi connectivity index (χ0n) is 12.3. The van der Waals surface area contributed by atoms with Crippen molar-refractivity contribution in [3.63, 3.8) is 0 Å². The lowest BCUT2D eigenvalue weighted by Crippen LogP contribution is -2.29. The van der Waals surface area contributed by atoms with Gasteiger partial charge in [0.05, 0.1) is 0 Å². The van der Waals surface area contributed by atoms with Crippen molar-refractivity contribution >= 4 is 17.5 Å². The summed E-state index contributed by atoms with van der Waals surface area (Å²) < 4.78 is 0. The van der Waals surface area contributed by atoms with E-state index in [2.05, 4.69) is 15.5 Å². The quantitative estimate of drug-likeness (QED) is 0.684. The minimum Gasteiger partial charge on any atom is -0.356 e. The van der Waals surface area contributed by atoms with E-state index < -0.39 is 0 Å². The van der Waals surface area contributed by atoms with Gasteiger partial charge in [-0.2, -0.15) is 0 Å². The van der Waals surface area contributed by atoms with Gasteiger partial charge >= 0.3 is 0 Å². The molecule has 112 valence electrons. The summed E-state index contributed by atoms with van der Waals surface area (Å²) in [6.07, 6.45) is 1.47. The van der Waals surface area contributed by atoms with Crippen LogP contribution in [0.3, 0.4) is 0 Å². The van der Waals surface area contributed by atoms with Crippen molar-refractivity contribution in [3.05, 3.63) is 34.9 Å².